The predicted octanol–water partition coefficient (Wildman–Crippen LogP) is 5.48. The molecule has 0 bridgehead atoms. The van der Waals surface area contributed by atoms with Gasteiger partial charge in [-0.25, -0.2) is 4.79 Å². The Hall–Kier alpha value is -3.12. The van der Waals surface area contributed by atoms with Gasteiger partial charge in [0, 0.05) is 25.7 Å². The second-order valence-electron chi connectivity index (χ2n) is 7.26. The molecule has 30 heavy (non-hydrogen) atoms. The number of urea groups is 1. The molecule has 6 heteroatoms. The Morgan fingerprint density at radius 2 is 2.10 bits per heavy atom. The van der Waals surface area contributed by atoms with Gasteiger partial charge in [-0.15, -0.1) is 0 Å². The molecule has 0 aliphatic carbocycles. The molecule has 154 valence electrons. The van der Waals surface area contributed by atoms with E-state index in [1.807, 2.05) is 29.2 Å². The van der Waals surface area contributed by atoms with Crippen molar-refractivity contribution in [3.8, 4) is 5.75 Å². The van der Waals surface area contributed by atoms with Gasteiger partial charge in [0.15, 0.2) is 0 Å². The standard InChI is InChI=1S/C24H25N3O2S/c28-24(26-22-4-2-10-25-17-22)27-11-6-19(7-12-27)15-21-3-1-5-23(16-21)29-13-8-20-9-14-30-18-20/h1-5,9-10,14-18H,6-8,11-13H2,(H,26,28). The molecular formula is C24H25N3O2S. The van der Waals surface area contributed by atoms with Crippen LogP contribution in [0.3, 0.4) is 0 Å². The zero-order chi connectivity index (χ0) is 20.6. The molecule has 5 nitrogen and oxygen atoms in total. The third-order valence-electron chi connectivity index (χ3n) is 5.07. The normalized spacial score (nSPS) is 13.7. The summed E-state index contributed by atoms with van der Waals surface area (Å²) in [6.45, 7) is 2.11. The number of anilines is 1. The first-order chi connectivity index (χ1) is 14.8. The van der Waals surface area contributed by atoms with Gasteiger partial charge < -0.3 is 15.0 Å². The second-order valence-corrected chi connectivity index (χ2v) is 8.04. The van der Waals surface area contributed by atoms with Gasteiger partial charge >= 0.3 is 6.03 Å². The molecule has 1 aromatic carbocycles. The lowest BCUT2D eigenvalue weighted by molar-refractivity contribution is 0.208. The van der Waals surface area contributed by atoms with Crippen molar-refractivity contribution in [2.75, 3.05) is 25.0 Å². The largest absolute Gasteiger partial charge is 0.493 e. The topological polar surface area (TPSA) is 54.5 Å². The van der Waals surface area contributed by atoms with Crippen LogP contribution < -0.4 is 10.1 Å². The number of benzene rings is 1. The van der Waals surface area contributed by atoms with Gasteiger partial charge in [-0.3, -0.25) is 4.98 Å². The monoisotopic (exact) mass is 419 g/mol. The number of hydrogen-bond acceptors (Lipinski definition) is 4. The Labute approximate surface area is 181 Å². The fourth-order valence-corrected chi connectivity index (χ4v) is 4.14. The van der Waals surface area contributed by atoms with Gasteiger partial charge in [-0.2, -0.15) is 11.3 Å². The minimum absolute atomic E-state index is 0.0666. The highest BCUT2D eigenvalue weighted by molar-refractivity contribution is 7.07. The van der Waals surface area contributed by atoms with Crippen molar-refractivity contribution in [2.24, 2.45) is 0 Å². The molecule has 2 aromatic heterocycles. The molecule has 4 rings (SSSR count). The van der Waals surface area contributed by atoms with Crippen molar-refractivity contribution >= 4 is 29.1 Å². The van der Waals surface area contributed by atoms with Crippen LogP contribution in [0.15, 0.2) is 71.2 Å². The first kappa shape index (κ1) is 20.2. The van der Waals surface area contributed by atoms with Gasteiger partial charge in [-0.05, 0) is 65.1 Å². The number of carbonyl (C=O) groups is 1. The summed E-state index contributed by atoms with van der Waals surface area (Å²) in [4.78, 5) is 18.3. The summed E-state index contributed by atoms with van der Waals surface area (Å²) in [5, 5.41) is 7.16. The first-order valence-corrected chi connectivity index (χ1v) is 11.1. The number of aromatic nitrogens is 1. The SMILES string of the molecule is O=C(Nc1cccnc1)N1CCC(=Cc2cccc(OCCc3ccsc3)c2)CC1. The molecule has 2 amide bonds. The average molecular weight is 420 g/mol. The molecule has 0 saturated carbocycles. The Morgan fingerprint density at radius 3 is 2.87 bits per heavy atom. The Balaban J connectivity index is 1.28. The maximum absolute atomic E-state index is 12.4. The molecule has 3 heterocycles. The highest BCUT2D eigenvalue weighted by Gasteiger charge is 2.19. The maximum Gasteiger partial charge on any atom is 0.321 e. The van der Waals surface area contributed by atoms with E-state index in [1.165, 1.54) is 11.1 Å². The fourth-order valence-electron chi connectivity index (χ4n) is 3.43. The van der Waals surface area contributed by atoms with Crippen molar-refractivity contribution in [2.45, 2.75) is 19.3 Å². The first-order valence-electron chi connectivity index (χ1n) is 10.2. The molecule has 1 fully saturated rings. The smallest absolute Gasteiger partial charge is 0.321 e. The molecular weight excluding hydrogens is 394 g/mol. The van der Waals surface area contributed by atoms with E-state index in [-0.39, 0.29) is 6.03 Å². The van der Waals surface area contributed by atoms with Crippen LogP contribution in [0.4, 0.5) is 10.5 Å². The number of ether oxygens (including phenoxy) is 1. The number of thiophene rings is 1. The molecule has 3 aromatic rings. The number of carbonyl (C=O) groups excluding carboxylic acids is 1. The van der Waals surface area contributed by atoms with Crippen LogP contribution in [0.2, 0.25) is 0 Å². The van der Waals surface area contributed by atoms with Crippen LogP contribution in [0, 0.1) is 0 Å². The van der Waals surface area contributed by atoms with E-state index in [2.05, 4.69) is 45.3 Å². The van der Waals surface area contributed by atoms with Gasteiger partial charge in [-0.1, -0.05) is 23.8 Å². The van der Waals surface area contributed by atoms with E-state index in [4.69, 9.17) is 4.74 Å². The summed E-state index contributed by atoms with van der Waals surface area (Å²) in [6.07, 6.45) is 8.25. The number of nitrogens with one attached hydrogen (secondary N) is 1. The van der Waals surface area contributed by atoms with E-state index >= 15 is 0 Å². The van der Waals surface area contributed by atoms with Crippen LogP contribution in [0.1, 0.15) is 24.0 Å². The molecule has 1 aliphatic heterocycles. The number of amides is 2. The van der Waals surface area contributed by atoms with Crippen molar-refractivity contribution in [3.05, 3.63) is 82.3 Å². The lowest BCUT2D eigenvalue weighted by atomic mass is 10.0. The van der Waals surface area contributed by atoms with Gasteiger partial charge in [0.05, 0.1) is 18.5 Å². The van der Waals surface area contributed by atoms with Gasteiger partial charge in [0.1, 0.15) is 5.75 Å². The highest BCUT2D eigenvalue weighted by atomic mass is 32.1. The summed E-state index contributed by atoms with van der Waals surface area (Å²) in [6, 6.07) is 13.9. The lowest BCUT2D eigenvalue weighted by Gasteiger charge is -2.28. The van der Waals surface area contributed by atoms with Gasteiger partial charge in [0.25, 0.3) is 0 Å². The lowest BCUT2D eigenvalue weighted by Crippen LogP contribution is -2.39. The van der Waals surface area contributed by atoms with E-state index in [0.717, 1.165) is 49.4 Å². The molecule has 1 N–H and O–H groups in total. The second kappa shape index (κ2) is 10.1. The Bertz CT molecular complexity index is 977. The minimum Gasteiger partial charge on any atom is -0.493 e. The molecule has 0 radical (unpaired) electrons. The average Bonchev–Trinajstić information content (AvgIpc) is 3.29. The molecule has 1 saturated heterocycles. The van der Waals surface area contributed by atoms with Crippen molar-refractivity contribution in [1.29, 1.82) is 0 Å². The van der Waals surface area contributed by atoms with E-state index in [0.29, 0.717) is 6.61 Å². The zero-order valence-corrected chi connectivity index (χ0v) is 17.6. The number of pyridine rings is 1. The predicted molar refractivity (Wildman–Crippen MR) is 122 cm³/mol. The van der Waals surface area contributed by atoms with Crippen LogP contribution >= 0.6 is 11.3 Å². The van der Waals surface area contributed by atoms with E-state index in [9.17, 15) is 4.79 Å². The summed E-state index contributed by atoms with van der Waals surface area (Å²) in [5.74, 6) is 0.896. The quantitative estimate of drug-likeness (QED) is 0.576. The van der Waals surface area contributed by atoms with Crippen LogP contribution in [-0.2, 0) is 6.42 Å². The Morgan fingerprint density at radius 1 is 1.20 bits per heavy atom. The summed E-state index contributed by atoms with van der Waals surface area (Å²) in [5.41, 5.74) is 4.54. The highest BCUT2D eigenvalue weighted by Crippen LogP contribution is 2.22. The number of rotatable bonds is 6. The van der Waals surface area contributed by atoms with Crippen LogP contribution in [0.5, 0.6) is 5.75 Å². The van der Waals surface area contributed by atoms with Crippen LogP contribution in [-0.4, -0.2) is 35.6 Å². The van der Waals surface area contributed by atoms with E-state index in [1.54, 1.807) is 23.7 Å². The number of hydrogen-bond donors (Lipinski definition) is 1. The fraction of sp³-hybridized carbons (Fsp3) is 0.250. The van der Waals surface area contributed by atoms with E-state index < -0.39 is 0 Å². The van der Waals surface area contributed by atoms with Crippen molar-refractivity contribution in [1.82, 2.24) is 9.88 Å². The van der Waals surface area contributed by atoms with Crippen molar-refractivity contribution in [3.63, 3.8) is 0 Å². The molecule has 0 atom stereocenters. The summed E-state index contributed by atoms with van der Waals surface area (Å²) < 4.78 is 5.92. The summed E-state index contributed by atoms with van der Waals surface area (Å²) in [7, 11) is 0. The maximum atomic E-state index is 12.4. The number of nitrogens with zero attached hydrogens (tertiary/aromatic N) is 2. The Kier molecular flexibility index (Phi) is 6.77. The van der Waals surface area contributed by atoms with Crippen molar-refractivity contribution < 1.29 is 9.53 Å². The zero-order valence-electron chi connectivity index (χ0n) is 16.8. The third kappa shape index (κ3) is 5.70. The number of piperidine rings is 1. The molecule has 0 unspecified atom stereocenters. The van der Waals surface area contributed by atoms with Crippen LogP contribution in [0.25, 0.3) is 6.08 Å². The molecule has 1 aliphatic rings. The minimum atomic E-state index is -0.0666. The number of likely N-dealkylation sites (tertiary alicyclic amines) is 1. The summed E-state index contributed by atoms with van der Waals surface area (Å²) >= 11 is 1.72. The molecule has 0 spiro atoms. The van der Waals surface area contributed by atoms with Gasteiger partial charge in [0.2, 0.25) is 0 Å². The third-order valence-corrected chi connectivity index (χ3v) is 5.81.